The number of rotatable bonds is 2. The Bertz CT molecular complexity index is 671. The van der Waals surface area contributed by atoms with Gasteiger partial charge in [-0.3, -0.25) is 4.63 Å². The zero-order chi connectivity index (χ0) is 11.7. The summed E-state index contributed by atoms with van der Waals surface area (Å²) >= 11 is 1.67. The minimum absolute atomic E-state index is 0.414. The first-order valence-electron chi connectivity index (χ1n) is 5.04. The van der Waals surface area contributed by atoms with E-state index in [1.165, 1.54) is 4.88 Å². The first-order valence-corrected chi connectivity index (χ1v) is 5.92. The van der Waals surface area contributed by atoms with E-state index in [0.29, 0.717) is 15.9 Å². The number of thiophene rings is 1. The van der Waals surface area contributed by atoms with Crippen LogP contribution in [0.1, 0.15) is 10.4 Å². The largest absolute Gasteiger partial charge is 0.359 e. The van der Waals surface area contributed by atoms with Crippen molar-refractivity contribution in [2.45, 2.75) is 0 Å². The number of benzene rings is 1. The van der Waals surface area contributed by atoms with E-state index in [9.17, 15) is 5.21 Å². The molecule has 2 aromatic heterocycles. The van der Waals surface area contributed by atoms with Crippen molar-refractivity contribution in [1.82, 2.24) is 5.16 Å². The van der Waals surface area contributed by atoms with Crippen LogP contribution in [0.3, 0.4) is 0 Å². The maximum atomic E-state index is 11.2. The van der Waals surface area contributed by atoms with Crippen molar-refractivity contribution in [3.8, 4) is 0 Å². The molecule has 0 bridgehead atoms. The lowest BCUT2D eigenvalue weighted by Gasteiger charge is -1.91. The molecular weight excluding hydrogens is 236 g/mol. The van der Waals surface area contributed by atoms with Gasteiger partial charge in [0, 0.05) is 16.1 Å². The number of nitrogens with zero attached hydrogens (tertiary/aromatic N) is 2. The number of hydrogen-bond donors (Lipinski definition) is 0. The molecule has 0 aliphatic carbocycles. The molecule has 0 saturated heterocycles. The molecule has 0 aliphatic heterocycles. The first kappa shape index (κ1) is 10.0. The van der Waals surface area contributed by atoms with Crippen LogP contribution in [0.2, 0.25) is 0 Å². The van der Waals surface area contributed by atoms with Crippen molar-refractivity contribution in [3.05, 3.63) is 51.4 Å². The van der Waals surface area contributed by atoms with Crippen molar-refractivity contribution in [1.29, 1.82) is 0 Å². The average Bonchev–Trinajstić information content (AvgIpc) is 2.97. The molecule has 0 unspecified atom stereocenters. The van der Waals surface area contributed by atoms with Gasteiger partial charge in [0.15, 0.2) is 0 Å². The van der Waals surface area contributed by atoms with E-state index in [0.717, 1.165) is 5.56 Å². The predicted octanol–water partition coefficient (Wildman–Crippen LogP) is 2.69. The second-order valence-electron chi connectivity index (χ2n) is 3.53. The van der Waals surface area contributed by atoms with Gasteiger partial charge in [-0.15, -0.1) is 11.3 Å². The third-order valence-corrected chi connectivity index (χ3v) is 3.23. The van der Waals surface area contributed by atoms with Gasteiger partial charge in [0.25, 0.3) is 0 Å². The summed E-state index contributed by atoms with van der Waals surface area (Å²) in [7, 11) is 0. The van der Waals surface area contributed by atoms with Gasteiger partial charge in [-0.25, -0.2) is 0 Å². The Morgan fingerprint density at radius 1 is 1.29 bits per heavy atom. The Labute approximate surface area is 101 Å². The molecule has 0 fully saturated rings. The van der Waals surface area contributed by atoms with Gasteiger partial charge in [-0.2, -0.15) is 0 Å². The van der Waals surface area contributed by atoms with E-state index in [1.54, 1.807) is 23.5 Å². The lowest BCUT2D eigenvalue weighted by molar-refractivity contribution is -0.782. The Morgan fingerprint density at radius 3 is 3.06 bits per heavy atom. The highest BCUT2D eigenvalue weighted by atomic mass is 32.1. The highest BCUT2D eigenvalue weighted by Crippen LogP contribution is 2.15. The van der Waals surface area contributed by atoms with Crippen LogP contribution in [0.5, 0.6) is 0 Å². The molecule has 17 heavy (non-hydrogen) atoms. The van der Waals surface area contributed by atoms with Gasteiger partial charge in [0.2, 0.25) is 11.0 Å². The van der Waals surface area contributed by atoms with E-state index in [2.05, 4.69) is 9.79 Å². The fourth-order valence-corrected chi connectivity index (χ4v) is 2.18. The maximum Gasteiger partial charge on any atom is 0.248 e. The minimum atomic E-state index is 0.414. The molecule has 1 aromatic carbocycles. The van der Waals surface area contributed by atoms with E-state index in [1.807, 2.05) is 35.7 Å². The smallest absolute Gasteiger partial charge is 0.248 e. The summed E-state index contributed by atoms with van der Waals surface area (Å²) in [5.41, 5.74) is 1.95. The van der Waals surface area contributed by atoms with Crippen LogP contribution in [0, 0.1) is 5.21 Å². The lowest BCUT2D eigenvalue weighted by atomic mass is 10.2. The lowest BCUT2D eigenvalue weighted by Crippen LogP contribution is -2.22. The Kier molecular flexibility index (Phi) is 2.38. The summed E-state index contributed by atoms with van der Waals surface area (Å²) in [4.78, 5) is 1.59. The van der Waals surface area contributed by atoms with Crippen LogP contribution in [0.25, 0.3) is 23.2 Å². The van der Waals surface area contributed by atoms with Gasteiger partial charge in [0.1, 0.15) is 0 Å². The van der Waals surface area contributed by atoms with Crippen molar-refractivity contribution >= 4 is 34.5 Å². The molecule has 0 spiro atoms. The zero-order valence-electron chi connectivity index (χ0n) is 8.74. The topological polar surface area (TPSA) is 53.0 Å². The van der Waals surface area contributed by atoms with Crippen LogP contribution in [-0.2, 0) is 0 Å². The number of hydrogen-bond acceptors (Lipinski definition) is 4. The summed E-state index contributed by atoms with van der Waals surface area (Å²) in [5, 5.41) is 16.9. The van der Waals surface area contributed by atoms with Gasteiger partial charge in [0.05, 0.1) is 0 Å². The summed E-state index contributed by atoms with van der Waals surface area (Å²) < 4.78 is 4.51. The second kappa shape index (κ2) is 4.03. The molecule has 84 valence electrons. The first-order chi connectivity index (χ1) is 8.33. The standard InChI is InChI=1S/C12H8N2O2S/c15-14-12-8-9(4-6-11(12)13-16-14)3-5-10-2-1-7-17-10/h1-8H/b5-3+. The number of fused-ring (bicyclic) bond motifs is 1. The molecule has 0 amide bonds. The number of aromatic nitrogens is 2. The average molecular weight is 244 g/mol. The van der Waals surface area contributed by atoms with Crippen molar-refractivity contribution in [2.75, 3.05) is 0 Å². The van der Waals surface area contributed by atoms with Crippen LogP contribution < -0.4 is 4.90 Å². The van der Waals surface area contributed by atoms with Crippen molar-refractivity contribution < 1.29 is 9.53 Å². The molecule has 4 nitrogen and oxygen atoms in total. The van der Waals surface area contributed by atoms with Crippen LogP contribution in [0.4, 0.5) is 0 Å². The normalized spacial score (nSPS) is 11.5. The molecule has 0 N–H and O–H groups in total. The zero-order valence-corrected chi connectivity index (χ0v) is 9.55. The molecule has 0 aliphatic rings. The third-order valence-electron chi connectivity index (χ3n) is 2.39. The SMILES string of the molecule is [O-][n+]1onc2ccc(/C=C/c3cccs3)cc21. The Morgan fingerprint density at radius 2 is 2.24 bits per heavy atom. The van der Waals surface area contributed by atoms with E-state index < -0.39 is 0 Å². The molecule has 0 radical (unpaired) electrons. The third kappa shape index (κ3) is 1.92. The summed E-state index contributed by atoms with van der Waals surface area (Å²) in [6.07, 6.45) is 3.97. The van der Waals surface area contributed by atoms with Crippen LogP contribution in [-0.4, -0.2) is 5.16 Å². The molecule has 5 heteroatoms. The van der Waals surface area contributed by atoms with Crippen LogP contribution >= 0.6 is 11.3 Å². The van der Waals surface area contributed by atoms with Gasteiger partial charge >= 0.3 is 0 Å². The monoisotopic (exact) mass is 244 g/mol. The van der Waals surface area contributed by atoms with Crippen molar-refractivity contribution in [3.63, 3.8) is 0 Å². The Hall–Kier alpha value is -2.14. The quantitative estimate of drug-likeness (QED) is 0.651. The molecule has 0 saturated carbocycles. The molecule has 2 heterocycles. The van der Waals surface area contributed by atoms with E-state index >= 15 is 0 Å². The molecule has 3 aromatic rings. The second-order valence-corrected chi connectivity index (χ2v) is 4.51. The molecule has 3 rings (SSSR count). The summed E-state index contributed by atoms with van der Waals surface area (Å²) in [5.74, 6) is 0. The molecule has 0 atom stereocenters. The predicted molar refractivity (Wildman–Crippen MR) is 66.2 cm³/mol. The summed E-state index contributed by atoms with van der Waals surface area (Å²) in [6, 6.07) is 9.45. The Balaban J connectivity index is 1.98. The van der Waals surface area contributed by atoms with E-state index in [4.69, 9.17) is 0 Å². The van der Waals surface area contributed by atoms with Crippen LogP contribution in [0.15, 0.2) is 40.3 Å². The fourth-order valence-electron chi connectivity index (χ4n) is 1.56. The van der Waals surface area contributed by atoms with Gasteiger partial charge in [-0.05, 0) is 34.1 Å². The molecular formula is C12H8N2O2S. The van der Waals surface area contributed by atoms with Crippen molar-refractivity contribution in [2.24, 2.45) is 0 Å². The van der Waals surface area contributed by atoms with Gasteiger partial charge in [-0.1, -0.05) is 18.2 Å². The highest BCUT2D eigenvalue weighted by molar-refractivity contribution is 7.10. The summed E-state index contributed by atoms with van der Waals surface area (Å²) in [6.45, 7) is 0. The highest BCUT2D eigenvalue weighted by Gasteiger charge is 2.07. The fraction of sp³-hybridized carbons (Fsp3) is 0. The minimum Gasteiger partial charge on any atom is -0.359 e. The maximum absolute atomic E-state index is 11.2. The van der Waals surface area contributed by atoms with E-state index in [-0.39, 0.29) is 0 Å². The van der Waals surface area contributed by atoms with Gasteiger partial charge < -0.3 is 5.21 Å².